The molecule has 0 radical (unpaired) electrons. The van der Waals surface area contributed by atoms with Crippen molar-refractivity contribution in [1.82, 2.24) is 20.2 Å². The summed E-state index contributed by atoms with van der Waals surface area (Å²) in [4.78, 5) is 33.9. The molecule has 10 heteroatoms. The minimum atomic E-state index is -1.57. The van der Waals surface area contributed by atoms with Gasteiger partial charge in [0.25, 0.3) is 11.8 Å². The molecule has 0 bridgehead atoms. The molecular formula is C22H23ClN4O5. The van der Waals surface area contributed by atoms with Crippen LogP contribution in [0.1, 0.15) is 16.1 Å². The van der Waals surface area contributed by atoms with E-state index in [1.165, 1.54) is 11.1 Å². The van der Waals surface area contributed by atoms with Crippen LogP contribution >= 0.6 is 11.6 Å². The highest BCUT2D eigenvalue weighted by Gasteiger charge is 2.38. The smallest absolute Gasteiger partial charge is 0.268 e. The van der Waals surface area contributed by atoms with Crippen LogP contribution in [0.2, 0.25) is 5.15 Å². The molecule has 0 spiro atoms. The number of aromatic amines is 1. The van der Waals surface area contributed by atoms with E-state index in [0.717, 1.165) is 5.56 Å². The van der Waals surface area contributed by atoms with Gasteiger partial charge in [0.2, 0.25) is 0 Å². The first-order valence-corrected chi connectivity index (χ1v) is 10.5. The van der Waals surface area contributed by atoms with Crippen LogP contribution in [0.15, 0.2) is 48.7 Å². The summed E-state index contributed by atoms with van der Waals surface area (Å²) in [5.41, 5.74) is 1.67. The van der Waals surface area contributed by atoms with E-state index in [1.807, 2.05) is 30.3 Å². The van der Waals surface area contributed by atoms with Gasteiger partial charge in [0.05, 0.1) is 30.0 Å². The minimum Gasteiger partial charge on any atom is -0.388 e. The van der Waals surface area contributed by atoms with E-state index >= 15 is 0 Å². The third-order valence-electron chi connectivity index (χ3n) is 5.54. The van der Waals surface area contributed by atoms with Crippen LogP contribution in [0.5, 0.6) is 0 Å². The normalized spacial score (nSPS) is 20.3. The van der Waals surface area contributed by atoms with E-state index in [4.69, 9.17) is 11.6 Å². The molecule has 0 saturated carbocycles. The first kappa shape index (κ1) is 22.2. The summed E-state index contributed by atoms with van der Waals surface area (Å²) < 4.78 is 0. The largest absolute Gasteiger partial charge is 0.388 e. The molecule has 4 rings (SSSR count). The number of amides is 2. The van der Waals surface area contributed by atoms with Gasteiger partial charge in [-0.3, -0.25) is 9.59 Å². The predicted octanol–water partition coefficient (Wildman–Crippen LogP) is 0.482. The van der Waals surface area contributed by atoms with Gasteiger partial charge in [-0.25, -0.2) is 4.98 Å². The molecule has 2 aromatic heterocycles. The summed E-state index contributed by atoms with van der Waals surface area (Å²) in [5, 5.41) is 34.1. The second kappa shape index (κ2) is 9.25. The van der Waals surface area contributed by atoms with E-state index in [1.54, 1.807) is 12.1 Å². The number of benzene rings is 1. The molecule has 3 heterocycles. The number of pyridine rings is 1. The fraction of sp³-hybridized carbons (Fsp3) is 0.318. The number of aliphatic hydroxyl groups is 3. The zero-order valence-electron chi connectivity index (χ0n) is 17.0. The van der Waals surface area contributed by atoms with Gasteiger partial charge in [-0.15, -0.1) is 0 Å². The van der Waals surface area contributed by atoms with E-state index in [9.17, 15) is 24.9 Å². The van der Waals surface area contributed by atoms with Gasteiger partial charge in [0, 0.05) is 18.5 Å². The first-order chi connectivity index (χ1) is 15.3. The number of fused-ring (bicyclic) bond motifs is 1. The third-order valence-corrected chi connectivity index (χ3v) is 5.74. The molecule has 1 aliphatic heterocycles. The molecule has 4 atom stereocenters. The molecule has 9 nitrogen and oxygen atoms in total. The van der Waals surface area contributed by atoms with Crippen LogP contribution in [-0.4, -0.2) is 79.4 Å². The van der Waals surface area contributed by atoms with Crippen molar-refractivity contribution in [3.63, 3.8) is 0 Å². The molecular weight excluding hydrogens is 436 g/mol. The van der Waals surface area contributed by atoms with E-state index < -0.39 is 36.2 Å². The van der Waals surface area contributed by atoms with Crippen molar-refractivity contribution in [3.8, 4) is 0 Å². The maximum absolute atomic E-state index is 12.9. The Morgan fingerprint density at radius 3 is 2.56 bits per heavy atom. The monoisotopic (exact) mass is 458 g/mol. The first-order valence-electron chi connectivity index (χ1n) is 10.1. The Bertz CT molecular complexity index is 1110. The van der Waals surface area contributed by atoms with E-state index in [2.05, 4.69) is 15.3 Å². The van der Waals surface area contributed by atoms with Crippen molar-refractivity contribution in [2.24, 2.45) is 0 Å². The number of halogens is 1. The molecule has 1 fully saturated rings. The average molecular weight is 459 g/mol. The number of hydrogen-bond donors (Lipinski definition) is 5. The fourth-order valence-electron chi connectivity index (χ4n) is 3.79. The van der Waals surface area contributed by atoms with Gasteiger partial charge in [-0.2, -0.15) is 0 Å². The lowest BCUT2D eigenvalue weighted by atomic mass is 10.00. The zero-order valence-corrected chi connectivity index (χ0v) is 17.7. The molecule has 1 saturated heterocycles. The molecule has 5 N–H and O–H groups in total. The zero-order chi connectivity index (χ0) is 22.8. The van der Waals surface area contributed by atoms with Crippen molar-refractivity contribution >= 4 is 34.3 Å². The lowest BCUT2D eigenvalue weighted by Crippen LogP contribution is -2.52. The van der Waals surface area contributed by atoms with Crippen LogP contribution in [0.25, 0.3) is 10.9 Å². The van der Waals surface area contributed by atoms with Gasteiger partial charge in [0.15, 0.2) is 6.10 Å². The number of aliphatic hydroxyl groups excluding tert-OH is 3. The van der Waals surface area contributed by atoms with Crippen molar-refractivity contribution in [2.45, 2.75) is 30.8 Å². The van der Waals surface area contributed by atoms with E-state index in [-0.39, 0.29) is 25.2 Å². The Labute approximate surface area is 188 Å². The summed E-state index contributed by atoms with van der Waals surface area (Å²) in [5.74, 6) is -1.18. The van der Waals surface area contributed by atoms with Gasteiger partial charge in [-0.05, 0) is 24.1 Å². The van der Waals surface area contributed by atoms with Gasteiger partial charge < -0.3 is 30.5 Å². The number of rotatable bonds is 6. The number of hydrogen-bond acceptors (Lipinski definition) is 6. The number of carbonyl (C=O) groups is 2. The van der Waals surface area contributed by atoms with Crippen LogP contribution in [0.3, 0.4) is 0 Å². The number of nitrogens with one attached hydrogen (secondary N) is 2. The molecule has 2 amide bonds. The third kappa shape index (κ3) is 4.76. The maximum atomic E-state index is 12.9. The highest BCUT2D eigenvalue weighted by molar-refractivity contribution is 6.30. The second-order valence-corrected chi connectivity index (χ2v) is 8.26. The van der Waals surface area contributed by atoms with Crippen LogP contribution in [0, 0.1) is 0 Å². The minimum absolute atomic E-state index is 0.0845. The number of carbonyl (C=O) groups excluding carboxylic acids is 2. The molecule has 1 unspecified atom stereocenters. The number of nitrogens with zero attached hydrogens (tertiary/aromatic N) is 2. The topological polar surface area (TPSA) is 139 Å². The van der Waals surface area contributed by atoms with Crippen molar-refractivity contribution in [2.75, 3.05) is 13.1 Å². The van der Waals surface area contributed by atoms with E-state index in [0.29, 0.717) is 16.1 Å². The Morgan fingerprint density at radius 1 is 1.19 bits per heavy atom. The molecule has 0 aliphatic carbocycles. The maximum Gasteiger partial charge on any atom is 0.268 e. The molecule has 1 aromatic carbocycles. The highest BCUT2D eigenvalue weighted by atomic mass is 35.5. The predicted molar refractivity (Wildman–Crippen MR) is 117 cm³/mol. The van der Waals surface area contributed by atoms with Crippen molar-refractivity contribution < 1.29 is 24.9 Å². The lowest BCUT2D eigenvalue weighted by Gasteiger charge is -2.27. The van der Waals surface area contributed by atoms with Crippen molar-refractivity contribution in [3.05, 3.63) is 65.1 Å². The average Bonchev–Trinajstić information content (AvgIpc) is 3.35. The second-order valence-electron chi connectivity index (χ2n) is 7.87. The molecule has 168 valence electrons. The van der Waals surface area contributed by atoms with Gasteiger partial charge >= 0.3 is 0 Å². The molecule has 3 aromatic rings. The standard InChI is InChI=1S/C22H23ClN4O5/c23-19-8-13-7-15(25-16(13)9-24-19)21(31)26-14(6-12-4-2-1-3-5-12)20(30)22(32)27-10-17(28)18(29)11-27/h1-5,7-9,14,17-18,20,25,28-30H,6,10-11H2,(H,26,31)/t14?,17-,18+,20-/m1/s1. The number of H-pyrrole nitrogens is 1. The Morgan fingerprint density at radius 2 is 1.88 bits per heavy atom. The summed E-state index contributed by atoms with van der Waals surface area (Å²) in [6.45, 7) is -0.169. The fourth-order valence-corrected chi connectivity index (χ4v) is 3.96. The van der Waals surface area contributed by atoms with Crippen LogP contribution < -0.4 is 5.32 Å². The highest BCUT2D eigenvalue weighted by Crippen LogP contribution is 2.19. The van der Waals surface area contributed by atoms with Crippen LogP contribution in [0.4, 0.5) is 0 Å². The molecule has 32 heavy (non-hydrogen) atoms. The Hall–Kier alpha value is -2.98. The summed E-state index contributed by atoms with van der Waals surface area (Å²) in [7, 11) is 0. The Kier molecular flexibility index (Phi) is 6.43. The molecule has 1 aliphatic rings. The number of likely N-dealkylation sites (tertiary alicyclic amines) is 1. The van der Waals surface area contributed by atoms with Crippen molar-refractivity contribution in [1.29, 1.82) is 0 Å². The Balaban J connectivity index is 1.55. The van der Waals surface area contributed by atoms with Gasteiger partial charge in [0.1, 0.15) is 10.8 Å². The number of aromatic nitrogens is 2. The SMILES string of the molecule is O=C(NC(Cc1ccccc1)[C@@H](O)C(=O)N1C[C@@H](O)[C@@H](O)C1)c1cc2cc(Cl)ncc2[nH]1. The summed E-state index contributed by atoms with van der Waals surface area (Å²) in [6.07, 6.45) is -2.00. The number of β-amino-alcohol motifs (C(OH)–C–C–N with tert-alkyl or cyclic N) is 2. The quantitative estimate of drug-likeness (QED) is 0.340. The van der Waals surface area contributed by atoms with Crippen LogP contribution in [-0.2, 0) is 11.2 Å². The lowest BCUT2D eigenvalue weighted by molar-refractivity contribution is -0.141. The summed E-state index contributed by atoms with van der Waals surface area (Å²) >= 11 is 5.90. The van der Waals surface area contributed by atoms with Gasteiger partial charge in [-0.1, -0.05) is 41.9 Å². The summed E-state index contributed by atoms with van der Waals surface area (Å²) in [6, 6.07) is 11.4.